The van der Waals surface area contributed by atoms with E-state index in [1.165, 1.54) is 0 Å². The standard InChI is InChI=1S/C25H24N4O2/c30-25(21-8-6-19(7-9-21)17-28-16-13-26-18-28)29-14-10-22(11-15-29)31-23-5-1-3-20-4-2-12-27-24(20)23/h1-9,12-13,16,18,22H,10-11,14-15,17H2. The number of pyridine rings is 1. The largest absolute Gasteiger partial charge is 0.488 e. The topological polar surface area (TPSA) is 60.2 Å². The van der Waals surface area contributed by atoms with Crippen LogP contribution in [0.15, 0.2) is 79.5 Å². The summed E-state index contributed by atoms with van der Waals surface area (Å²) in [6, 6.07) is 17.8. The van der Waals surface area contributed by atoms with Crippen LogP contribution in [0.25, 0.3) is 10.9 Å². The highest BCUT2D eigenvalue weighted by molar-refractivity contribution is 5.94. The van der Waals surface area contributed by atoms with Crippen LogP contribution in [0.1, 0.15) is 28.8 Å². The van der Waals surface area contributed by atoms with Gasteiger partial charge < -0.3 is 14.2 Å². The number of piperidine rings is 1. The summed E-state index contributed by atoms with van der Waals surface area (Å²) in [5, 5.41) is 1.07. The summed E-state index contributed by atoms with van der Waals surface area (Å²) in [7, 11) is 0. The van der Waals surface area contributed by atoms with Crippen LogP contribution in [0.2, 0.25) is 0 Å². The molecule has 0 radical (unpaired) electrons. The van der Waals surface area contributed by atoms with E-state index >= 15 is 0 Å². The molecular formula is C25H24N4O2. The maximum atomic E-state index is 12.9. The molecule has 156 valence electrons. The van der Waals surface area contributed by atoms with Gasteiger partial charge in [0.15, 0.2) is 0 Å². The minimum absolute atomic E-state index is 0.0828. The molecule has 0 N–H and O–H groups in total. The monoisotopic (exact) mass is 412 g/mol. The second kappa shape index (κ2) is 8.60. The predicted molar refractivity (Wildman–Crippen MR) is 119 cm³/mol. The number of nitrogens with zero attached hydrogens (tertiary/aromatic N) is 4. The molecule has 0 atom stereocenters. The van der Waals surface area contributed by atoms with Gasteiger partial charge in [0, 0.05) is 62.0 Å². The number of imidazole rings is 1. The first-order chi connectivity index (χ1) is 15.3. The molecule has 1 amide bonds. The van der Waals surface area contributed by atoms with Crippen LogP contribution in [0.4, 0.5) is 0 Å². The quantitative estimate of drug-likeness (QED) is 0.494. The van der Waals surface area contributed by atoms with Crippen LogP contribution in [0.3, 0.4) is 0 Å². The molecule has 0 unspecified atom stereocenters. The maximum absolute atomic E-state index is 12.9. The highest BCUT2D eigenvalue weighted by Gasteiger charge is 2.25. The lowest BCUT2D eigenvalue weighted by Gasteiger charge is -2.32. The molecule has 0 spiro atoms. The van der Waals surface area contributed by atoms with E-state index in [9.17, 15) is 4.79 Å². The van der Waals surface area contributed by atoms with E-state index in [2.05, 4.69) is 9.97 Å². The summed E-state index contributed by atoms with van der Waals surface area (Å²) < 4.78 is 8.27. The molecule has 1 saturated heterocycles. The minimum atomic E-state index is 0.0828. The van der Waals surface area contributed by atoms with Crippen LogP contribution >= 0.6 is 0 Å². The number of carbonyl (C=O) groups is 1. The Morgan fingerprint density at radius 1 is 1.00 bits per heavy atom. The van der Waals surface area contributed by atoms with Gasteiger partial charge in [-0.3, -0.25) is 9.78 Å². The zero-order valence-corrected chi connectivity index (χ0v) is 17.2. The Kier molecular flexibility index (Phi) is 5.35. The van der Waals surface area contributed by atoms with Gasteiger partial charge in [-0.2, -0.15) is 0 Å². The Morgan fingerprint density at radius 3 is 2.58 bits per heavy atom. The zero-order valence-electron chi connectivity index (χ0n) is 17.2. The molecule has 4 aromatic rings. The lowest BCUT2D eigenvalue weighted by atomic mass is 10.1. The van der Waals surface area contributed by atoms with Gasteiger partial charge in [-0.15, -0.1) is 0 Å². The number of rotatable bonds is 5. The zero-order chi connectivity index (χ0) is 21.0. The van der Waals surface area contributed by atoms with Gasteiger partial charge in [-0.25, -0.2) is 4.98 Å². The van der Waals surface area contributed by atoms with Gasteiger partial charge in [-0.1, -0.05) is 30.3 Å². The van der Waals surface area contributed by atoms with E-state index in [1.54, 1.807) is 18.7 Å². The fourth-order valence-corrected chi connectivity index (χ4v) is 4.05. The number of aromatic nitrogens is 3. The van der Waals surface area contributed by atoms with Crippen LogP contribution in [-0.4, -0.2) is 44.5 Å². The second-order valence-corrected chi connectivity index (χ2v) is 7.87. The number of ether oxygens (including phenoxy) is 1. The lowest BCUT2D eigenvalue weighted by molar-refractivity contribution is 0.0597. The molecule has 6 heteroatoms. The molecule has 0 aliphatic carbocycles. The van der Waals surface area contributed by atoms with Crippen molar-refractivity contribution in [3.63, 3.8) is 0 Å². The Balaban J connectivity index is 1.19. The van der Waals surface area contributed by atoms with Gasteiger partial charge in [-0.05, 0) is 29.8 Å². The van der Waals surface area contributed by atoms with Crippen LogP contribution in [0, 0.1) is 0 Å². The summed E-state index contributed by atoms with van der Waals surface area (Å²) in [6.07, 6.45) is 8.99. The van der Waals surface area contributed by atoms with Crippen molar-refractivity contribution in [2.45, 2.75) is 25.5 Å². The number of amides is 1. The van der Waals surface area contributed by atoms with Crippen molar-refractivity contribution in [2.75, 3.05) is 13.1 Å². The average molecular weight is 412 g/mol. The summed E-state index contributed by atoms with van der Waals surface area (Å²) in [4.78, 5) is 23.4. The number of likely N-dealkylation sites (tertiary alicyclic amines) is 1. The number of hydrogen-bond acceptors (Lipinski definition) is 4. The number of fused-ring (bicyclic) bond motifs is 1. The van der Waals surface area contributed by atoms with E-state index in [0.717, 1.165) is 47.2 Å². The third-order valence-electron chi connectivity index (χ3n) is 5.74. The molecule has 1 aliphatic rings. The van der Waals surface area contributed by atoms with Crippen LogP contribution in [-0.2, 0) is 6.54 Å². The van der Waals surface area contributed by atoms with Crippen molar-refractivity contribution in [1.29, 1.82) is 0 Å². The third-order valence-corrected chi connectivity index (χ3v) is 5.74. The Labute approximate surface area is 181 Å². The van der Waals surface area contributed by atoms with Crippen LogP contribution < -0.4 is 4.74 Å². The molecule has 1 fully saturated rings. The molecule has 2 aromatic heterocycles. The fraction of sp³-hybridized carbons (Fsp3) is 0.240. The van der Waals surface area contributed by atoms with Gasteiger partial charge in [0.1, 0.15) is 17.4 Å². The molecule has 3 heterocycles. The van der Waals surface area contributed by atoms with Crippen LogP contribution in [0.5, 0.6) is 5.75 Å². The Hall–Kier alpha value is -3.67. The van der Waals surface area contributed by atoms with E-state index in [0.29, 0.717) is 13.1 Å². The maximum Gasteiger partial charge on any atom is 0.253 e. The van der Waals surface area contributed by atoms with Gasteiger partial charge >= 0.3 is 0 Å². The predicted octanol–water partition coefficient (Wildman–Crippen LogP) is 4.16. The summed E-state index contributed by atoms with van der Waals surface area (Å²) >= 11 is 0. The molecular weight excluding hydrogens is 388 g/mol. The highest BCUT2D eigenvalue weighted by atomic mass is 16.5. The second-order valence-electron chi connectivity index (χ2n) is 7.87. The van der Waals surface area contributed by atoms with Gasteiger partial charge in [0.05, 0.1) is 6.33 Å². The number of para-hydroxylation sites is 1. The summed E-state index contributed by atoms with van der Waals surface area (Å²) in [5.74, 6) is 0.899. The smallest absolute Gasteiger partial charge is 0.253 e. The third kappa shape index (κ3) is 4.28. The first kappa shape index (κ1) is 19.3. The lowest BCUT2D eigenvalue weighted by Crippen LogP contribution is -2.41. The molecule has 5 rings (SSSR count). The number of benzene rings is 2. The van der Waals surface area contributed by atoms with E-state index in [4.69, 9.17) is 4.74 Å². The normalized spacial score (nSPS) is 14.6. The van der Waals surface area contributed by atoms with Gasteiger partial charge in [0.2, 0.25) is 0 Å². The molecule has 0 bridgehead atoms. The molecule has 6 nitrogen and oxygen atoms in total. The van der Waals surface area contributed by atoms with Gasteiger partial charge in [0.25, 0.3) is 5.91 Å². The first-order valence-corrected chi connectivity index (χ1v) is 10.6. The van der Waals surface area contributed by atoms with Crippen molar-refractivity contribution >= 4 is 16.8 Å². The Bertz CT molecular complexity index is 1160. The first-order valence-electron chi connectivity index (χ1n) is 10.6. The molecule has 1 aliphatic heterocycles. The fourth-order valence-electron chi connectivity index (χ4n) is 4.05. The molecule has 2 aromatic carbocycles. The summed E-state index contributed by atoms with van der Waals surface area (Å²) in [6.45, 7) is 2.14. The van der Waals surface area contributed by atoms with Crippen molar-refractivity contribution < 1.29 is 9.53 Å². The summed E-state index contributed by atoms with van der Waals surface area (Å²) in [5.41, 5.74) is 2.76. The van der Waals surface area contributed by atoms with E-state index in [-0.39, 0.29) is 12.0 Å². The molecule has 0 saturated carbocycles. The van der Waals surface area contributed by atoms with Crippen molar-refractivity contribution in [1.82, 2.24) is 19.4 Å². The van der Waals surface area contributed by atoms with E-state index in [1.807, 2.05) is 70.3 Å². The van der Waals surface area contributed by atoms with E-state index < -0.39 is 0 Å². The average Bonchev–Trinajstić information content (AvgIpc) is 3.33. The highest BCUT2D eigenvalue weighted by Crippen LogP contribution is 2.26. The molecule has 31 heavy (non-hydrogen) atoms. The minimum Gasteiger partial charge on any atom is -0.488 e. The van der Waals surface area contributed by atoms with Crippen molar-refractivity contribution in [3.05, 3.63) is 90.6 Å². The number of carbonyl (C=O) groups excluding carboxylic acids is 1. The van der Waals surface area contributed by atoms with Crippen molar-refractivity contribution in [2.24, 2.45) is 0 Å². The van der Waals surface area contributed by atoms with Crippen molar-refractivity contribution in [3.8, 4) is 5.75 Å². The Morgan fingerprint density at radius 2 is 1.81 bits per heavy atom. The number of hydrogen-bond donors (Lipinski definition) is 0. The SMILES string of the molecule is O=C(c1ccc(Cn2ccnc2)cc1)N1CCC(Oc2cccc3cccnc23)CC1.